The van der Waals surface area contributed by atoms with E-state index in [4.69, 9.17) is 19.2 Å². The zero-order valence-corrected chi connectivity index (χ0v) is 25.9. The zero-order chi connectivity index (χ0) is 32.1. The minimum Gasteiger partial charge on any atom is -0.454 e. The van der Waals surface area contributed by atoms with E-state index in [1.807, 2.05) is 41.3 Å². The number of fused-ring (bicyclic) bond motifs is 1. The van der Waals surface area contributed by atoms with Gasteiger partial charge in [0.1, 0.15) is 5.82 Å². The van der Waals surface area contributed by atoms with E-state index < -0.39 is 11.7 Å². The quantitative estimate of drug-likeness (QED) is 0.166. The Labute approximate surface area is 268 Å². The molecule has 3 heterocycles. The number of piperazine rings is 1. The molecule has 0 aliphatic carbocycles. The van der Waals surface area contributed by atoms with Gasteiger partial charge in [-0.1, -0.05) is 36.0 Å². The highest BCUT2D eigenvalue weighted by atomic mass is 32.2. The highest BCUT2D eigenvalue weighted by Gasteiger charge is 2.31. The fraction of sp³-hybridized carbons (Fsp3) is 0.303. The van der Waals surface area contributed by atoms with E-state index in [1.165, 1.54) is 23.9 Å². The fourth-order valence-corrected chi connectivity index (χ4v) is 6.04. The third kappa shape index (κ3) is 7.65. The summed E-state index contributed by atoms with van der Waals surface area (Å²) in [7, 11) is 1.61. The van der Waals surface area contributed by atoms with Gasteiger partial charge < -0.3 is 29.3 Å². The van der Waals surface area contributed by atoms with Crippen LogP contribution in [0, 0.1) is 0 Å². The molecule has 1 aromatic heterocycles. The summed E-state index contributed by atoms with van der Waals surface area (Å²) in [5.74, 6) is 2.55. The number of ether oxygens (including phenoxy) is 3. The molecule has 46 heavy (non-hydrogen) atoms. The molecular formula is C33H32F3N5O4S. The molecule has 1 amide bonds. The lowest BCUT2D eigenvalue weighted by Gasteiger charge is -2.37. The molecule has 1 fully saturated rings. The van der Waals surface area contributed by atoms with Crippen molar-refractivity contribution >= 4 is 29.2 Å². The molecule has 0 radical (unpaired) electrons. The van der Waals surface area contributed by atoms with Gasteiger partial charge in [0.2, 0.25) is 6.79 Å². The number of amides is 1. The number of hydrogen-bond acceptors (Lipinski definition) is 9. The van der Waals surface area contributed by atoms with E-state index in [0.717, 1.165) is 28.7 Å². The number of carbonyl (C=O) groups is 1. The Bertz CT molecular complexity index is 1680. The lowest BCUT2D eigenvalue weighted by molar-refractivity contribution is -0.137. The number of halogens is 3. The first-order valence-electron chi connectivity index (χ1n) is 14.7. The van der Waals surface area contributed by atoms with E-state index in [1.54, 1.807) is 25.3 Å². The molecule has 0 atom stereocenters. The summed E-state index contributed by atoms with van der Waals surface area (Å²) in [6.45, 7) is 3.21. The van der Waals surface area contributed by atoms with Crippen LogP contribution in [0.2, 0.25) is 0 Å². The topological polar surface area (TPSA) is 89.1 Å². The zero-order valence-electron chi connectivity index (χ0n) is 25.0. The minimum atomic E-state index is -4.38. The van der Waals surface area contributed by atoms with Gasteiger partial charge in [-0.05, 0) is 53.6 Å². The molecule has 0 saturated carbocycles. The smallest absolute Gasteiger partial charge is 0.416 e. The van der Waals surface area contributed by atoms with E-state index in [9.17, 15) is 18.0 Å². The van der Waals surface area contributed by atoms with Crippen LogP contribution in [0.4, 0.5) is 24.7 Å². The average molecular weight is 652 g/mol. The molecule has 4 aromatic rings. The van der Waals surface area contributed by atoms with Crippen molar-refractivity contribution in [3.05, 3.63) is 101 Å². The van der Waals surface area contributed by atoms with Crippen LogP contribution in [-0.4, -0.2) is 56.0 Å². The van der Waals surface area contributed by atoms with Crippen LogP contribution in [0.25, 0.3) is 0 Å². The van der Waals surface area contributed by atoms with Crippen LogP contribution in [0.3, 0.4) is 0 Å². The Morgan fingerprint density at radius 1 is 0.913 bits per heavy atom. The summed E-state index contributed by atoms with van der Waals surface area (Å²) in [4.78, 5) is 26.2. The molecule has 0 unspecified atom stereocenters. The van der Waals surface area contributed by atoms with Crippen molar-refractivity contribution in [3.8, 4) is 11.5 Å². The molecule has 1 N–H and O–H groups in total. The first kappa shape index (κ1) is 31.5. The molecule has 0 bridgehead atoms. The molecule has 2 aliphatic heterocycles. The van der Waals surface area contributed by atoms with Crippen LogP contribution >= 0.6 is 11.8 Å². The van der Waals surface area contributed by atoms with Crippen molar-refractivity contribution in [2.24, 2.45) is 0 Å². The summed E-state index contributed by atoms with van der Waals surface area (Å²) in [6, 6.07) is 20.3. The Kier molecular flexibility index (Phi) is 9.50. The monoisotopic (exact) mass is 651 g/mol. The van der Waals surface area contributed by atoms with Crippen LogP contribution in [0.15, 0.2) is 78.0 Å². The molecule has 6 rings (SSSR count). The van der Waals surface area contributed by atoms with E-state index >= 15 is 0 Å². The molecule has 3 aromatic carbocycles. The lowest BCUT2D eigenvalue weighted by atomic mass is 10.1. The van der Waals surface area contributed by atoms with Gasteiger partial charge in [0, 0.05) is 62.9 Å². The minimum absolute atomic E-state index is 0.176. The highest BCUT2D eigenvalue weighted by Crippen LogP contribution is 2.33. The first-order chi connectivity index (χ1) is 22.2. The molecule has 0 spiro atoms. The molecular weight excluding hydrogens is 619 g/mol. The van der Waals surface area contributed by atoms with Crippen LogP contribution in [0.1, 0.15) is 32.7 Å². The summed E-state index contributed by atoms with van der Waals surface area (Å²) < 4.78 is 55.7. The van der Waals surface area contributed by atoms with Crippen molar-refractivity contribution in [1.29, 1.82) is 0 Å². The number of nitrogens with zero attached hydrogens (tertiary/aromatic N) is 4. The van der Waals surface area contributed by atoms with Gasteiger partial charge >= 0.3 is 6.18 Å². The number of thioether (sulfide) groups is 1. The molecule has 13 heteroatoms. The van der Waals surface area contributed by atoms with Gasteiger partial charge in [-0.15, -0.1) is 0 Å². The second-order valence-corrected chi connectivity index (χ2v) is 11.8. The van der Waals surface area contributed by atoms with Gasteiger partial charge in [-0.25, -0.2) is 9.97 Å². The molecule has 1 saturated heterocycles. The van der Waals surface area contributed by atoms with Gasteiger partial charge in [0.05, 0.1) is 17.9 Å². The SMILES string of the molecule is COCc1cc(N2CCN(c3cccc(C(F)(F)F)c3)CC2)nc(SCc2ccc(C(=O)NCc3ccc4c(c3)OCO4)cc2)n1. The number of aromatic nitrogens is 2. The van der Waals surface area contributed by atoms with Crippen LogP contribution < -0.4 is 24.6 Å². The predicted octanol–water partition coefficient (Wildman–Crippen LogP) is 5.92. The van der Waals surface area contributed by atoms with Crippen LogP contribution in [-0.2, 0) is 29.8 Å². The predicted molar refractivity (Wildman–Crippen MR) is 168 cm³/mol. The van der Waals surface area contributed by atoms with Crippen molar-refractivity contribution in [1.82, 2.24) is 15.3 Å². The van der Waals surface area contributed by atoms with E-state index in [-0.39, 0.29) is 12.7 Å². The largest absolute Gasteiger partial charge is 0.454 e. The number of carbonyl (C=O) groups excluding carboxylic acids is 1. The molecule has 2 aliphatic rings. The Morgan fingerprint density at radius 2 is 1.65 bits per heavy atom. The summed E-state index contributed by atoms with van der Waals surface area (Å²) in [5, 5.41) is 3.53. The van der Waals surface area contributed by atoms with Gasteiger partial charge in [-0.2, -0.15) is 13.2 Å². The standard InChI is InChI=1S/C33H32F3N5O4S/c1-43-19-26-17-30(41-13-11-40(12-14-41)27-4-2-3-25(16-27)33(34,35)36)39-32(38-26)46-20-22-5-8-24(9-6-22)31(42)37-18-23-7-10-28-29(15-23)45-21-44-28/h2-10,15-17H,11-14,18-21H2,1H3,(H,37,42). The maximum absolute atomic E-state index is 13.2. The van der Waals surface area contributed by atoms with E-state index in [0.29, 0.717) is 73.0 Å². The van der Waals surface area contributed by atoms with Gasteiger partial charge in [0.25, 0.3) is 5.91 Å². The number of alkyl halides is 3. The first-order valence-corrected chi connectivity index (χ1v) is 15.7. The number of hydrogen-bond donors (Lipinski definition) is 1. The number of anilines is 2. The summed E-state index contributed by atoms with van der Waals surface area (Å²) >= 11 is 1.48. The third-order valence-corrected chi connectivity index (χ3v) is 8.57. The average Bonchev–Trinajstić information content (AvgIpc) is 3.54. The van der Waals surface area contributed by atoms with Crippen molar-refractivity contribution in [2.75, 3.05) is 49.9 Å². The van der Waals surface area contributed by atoms with Gasteiger partial charge in [0.15, 0.2) is 16.7 Å². The maximum atomic E-state index is 13.2. The van der Waals surface area contributed by atoms with Gasteiger partial charge in [-0.3, -0.25) is 4.79 Å². The Balaban J connectivity index is 1.05. The molecule has 9 nitrogen and oxygen atoms in total. The third-order valence-electron chi connectivity index (χ3n) is 7.65. The van der Waals surface area contributed by atoms with Crippen molar-refractivity contribution < 1.29 is 32.2 Å². The summed E-state index contributed by atoms with van der Waals surface area (Å²) in [5.41, 5.74) is 3.13. The normalized spacial score (nSPS) is 14.4. The molecule has 240 valence electrons. The van der Waals surface area contributed by atoms with Crippen LogP contribution in [0.5, 0.6) is 11.5 Å². The maximum Gasteiger partial charge on any atom is 0.416 e. The number of rotatable bonds is 10. The number of methoxy groups -OCH3 is 1. The summed E-state index contributed by atoms with van der Waals surface area (Å²) in [6.07, 6.45) is -4.38. The second kappa shape index (κ2) is 13.9. The van der Waals surface area contributed by atoms with Crippen molar-refractivity contribution in [2.45, 2.75) is 30.2 Å². The number of nitrogens with one attached hydrogen (secondary N) is 1. The van der Waals surface area contributed by atoms with E-state index in [2.05, 4.69) is 15.2 Å². The number of benzene rings is 3. The second-order valence-electron chi connectivity index (χ2n) is 10.8. The highest BCUT2D eigenvalue weighted by molar-refractivity contribution is 7.98. The Hall–Kier alpha value is -4.49. The van der Waals surface area contributed by atoms with Crippen molar-refractivity contribution in [3.63, 3.8) is 0 Å². The Morgan fingerprint density at radius 3 is 2.41 bits per heavy atom. The lowest BCUT2D eigenvalue weighted by Crippen LogP contribution is -2.47. The fourth-order valence-electron chi connectivity index (χ4n) is 5.22.